The second kappa shape index (κ2) is 3.74. The Morgan fingerprint density at radius 2 is 2.38 bits per heavy atom. The molecular formula is C8H8N2O3. The molecule has 1 heterocycles. The smallest absolute Gasteiger partial charge is 0.231 e. The molecule has 1 atom stereocenters. The first-order valence-electron chi connectivity index (χ1n) is 3.58. The first-order chi connectivity index (χ1) is 6.16. The van der Waals surface area contributed by atoms with Crippen LogP contribution < -0.4 is 11.2 Å². The van der Waals surface area contributed by atoms with Crippen molar-refractivity contribution < 1.29 is 9.52 Å². The molecule has 13 heavy (non-hydrogen) atoms. The maximum Gasteiger partial charge on any atom is 0.231 e. The molecule has 1 aromatic heterocycles. The maximum atomic E-state index is 11.2. The van der Waals surface area contributed by atoms with E-state index in [1.807, 2.05) is 6.07 Å². The maximum absolute atomic E-state index is 11.2. The summed E-state index contributed by atoms with van der Waals surface area (Å²) >= 11 is 0. The van der Waals surface area contributed by atoms with Gasteiger partial charge in [0.2, 0.25) is 5.43 Å². The predicted molar refractivity (Wildman–Crippen MR) is 43.8 cm³/mol. The quantitative estimate of drug-likeness (QED) is 0.679. The minimum absolute atomic E-state index is 0.00815. The van der Waals surface area contributed by atoms with Crippen LogP contribution >= 0.6 is 0 Å². The standard InChI is InChI=1S/C8H8N2O3/c9-2-1-6(10)5-3-13-4-7(11)8(5)12/h3-4,6,11H,1,10H2. The molecule has 0 saturated heterocycles. The van der Waals surface area contributed by atoms with Crippen molar-refractivity contribution in [1.29, 1.82) is 5.26 Å². The number of rotatable bonds is 2. The SMILES string of the molecule is N#CCC(N)c1cocc(O)c1=O. The van der Waals surface area contributed by atoms with E-state index in [4.69, 9.17) is 16.1 Å². The largest absolute Gasteiger partial charge is 0.502 e. The van der Waals surface area contributed by atoms with Crippen molar-refractivity contribution in [2.75, 3.05) is 0 Å². The van der Waals surface area contributed by atoms with E-state index in [0.717, 1.165) is 12.5 Å². The Balaban J connectivity index is 3.10. The van der Waals surface area contributed by atoms with E-state index >= 15 is 0 Å². The van der Waals surface area contributed by atoms with Gasteiger partial charge in [-0.1, -0.05) is 0 Å². The monoisotopic (exact) mass is 180 g/mol. The molecule has 68 valence electrons. The Labute approximate surface area is 74.0 Å². The molecule has 0 aliphatic rings. The number of nitrogens with zero attached hydrogens (tertiary/aromatic N) is 1. The molecule has 0 fully saturated rings. The zero-order chi connectivity index (χ0) is 9.84. The topological polar surface area (TPSA) is 100 Å². The van der Waals surface area contributed by atoms with Crippen molar-refractivity contribution in [1.82, 2.24) is 0 Å². The summed E-state index contributed by atoms with van der Waals surface area (Å²) < 4.78 is 4.65. The van der Waals surface area contributed by atoms with Gasteiger partial charge in [0, 0.05) is 6.04 Å². The molecule has 5 heteroatoms. The van der Waals surface area contributed by atoms with E-state index in [2.05, 4.69) is 4.42 Å². The molecule has 0 aliphatic carbocycles. The molecular weight excluding hydrogens is 172 g/mol. The fourth-order valence-electron chi connectivity index (χ4n) is 0.891. The molecule has 5 nitrogen and oxygen atoms in total. The van der Waals surface area contributed by atoms with E-state index in [0.29, 0.717) is 0 Å². The van der Waals surface area contributed by atoms with Crippen molar-refractivity contribution in [2.24, 2.45) is 5.73 Å². The van der Waals surface area contributed by atoms with Crippen molar-refractivity contribution in [3.05, 3.63) is 28.3 Å². The van der Waals surface area contributed by atoms with Gasteiger partial charge in [-0.15, -0.1) is 0 Å². The van der Waals surface area contributed by atoms with Gasteiger partial charge in [-0.2, -0.15) is 5.26 Å². The lowest BCUT2D eigenvalue weighted by molar-refractivity contribution is 0.422. The van der Waals surface area contributed by atoms with E-state index in [1.54, 1.807) is 0 Å². The number of nitriles is 1. The highest BCUT2D eigenvalue weighted by atomic mass is 16.3. The molecule has 3 N–H and O–H groups in total. The fourth-order valence-corrected chi connectivity index (χ4v) is 0.891. The highest BCUT2D eigenvalue weighted by Crippen LogP contribution is 2.11. The minimum atomic E-state index is -0.714. The highest BCUT2D eigenvalue weighted by Gasteiger charge is 2.12. The van der Waals surface area contributed by atoms with Gasteiger partial charge in [0.1, 0.15) is 6.26 Å². The van der Waals surface area contributed by atoms with Crippen LogP contribution in [0.4, 0.5) is 0 Å². The van der Waals surface area contributed by atoms with Crippen molar-refractivity contribution in [3.8, 4) is 11.8 Å². The third kappa shape index (κ3) is 1.86. The van der Waals surface area contributed by atoms with Crippen LogP contribution in [0.5, 0.6) is 5.75 Å². The van der Waals surface area contributed by atoms with Gasteiger partial charge in [0.15, 0.2) is 5.75 Å². The number of hydrogen-bond acceptors (Lipinski definition) is 5. The van der Waals surface area contributed by atoms with Crippen LogP contribution in [0.25, 0.3) is 0 Å². The average molecular weight is 180 g/mol. The van der Waals surface area contributed by atoms with Gasteiger partial charge in [-0.3, -0.25) is 4.79 Å². The highest BCUT2D eigenvalue weighted by molar-refractivity contribution is 5.23. The Bertz CT molecular complexity index is 391. The van der Waals surface area contributed by atoms with Gasteiger partial charge >= 0.3 is 0 Å². The second-order valence-electron chi connectivity index (χ2n) is 2.51. The van der Waals surface area contributed by atoms with Crippen molar-refractivity contribution >= 4 is 0 Å². The van der Waals surface area contributed by atoms with E-state index in [-0.39, 0.29) is 12.0 Å². The predicted octanol–water partition coefficient (Wildman–Crippen LogP) is 0.259. The van der Waals surface area contributed by atoms with Crippen LogP contribution in [-0.4, -0.2) is 5.11 Å². The normalized spacial score (nSPS) is 12.0. The van der Waals surface area contributed by atoms with Crippen LogP contribution in [0, 0.1) is 11.3 Å². The summed E-state index contributed by atoms with van der Waals surface area (Å²) in [6.45, 7) is 0. The first kappa shape index (κ1) is 9.29. The molecule has 1 rings (SSSR count). The molecule has 0 bridgehead atoms. The lowest BCUT2D eigenvalue weighted by atomic mass is 10.1. The van der Waals surface area contributed by atoms with E-state index in [1.165, 1.54) is 0 Å². The zero-order valence-electron chi connectivity index (χ0n) is 6.73. The van der Waals surface area contributed by atoms with Crippen LogP contribution in [0.3, 0.4) is 0 Å². The minimum Gasteiger partial charge on any atom is -0.502 e. The summed E-state index contributed by atoms with van der Waals surface area (Å²) in [6.07, 6.45) is 2.07. The first-order valence-corrected chi connectivity index (χ1v) is 3.58. The zero-order valence-corrected chi connectivity index (χ0v) is 6.73. The Kier molecular flexibility index (Phi) is 2.67. The molecule has 0 spiro atoms. The molecule has 0 saturated carbocycles. The number of hydrogen-bond donors (Lipinski definition) is 2. The molecule has 0 radical (unpaired) electrons. The summed E-state index contributed by atoms with van der Waals surface area (Å²) in [5.74, 6) is -0.495. The summed E-state index contributed by atoms with van der Waals surface area (Å²) in [6, 6.07) is 1.11. The van der Waals surface area contributed by atoms with Crippen LogP contribution in [-0.2, 0) is 0 Å². The van der Waals surface area contributed by atoms with Crippen LogP contribution in [0.1, 0.15) is 18.0 Å². The molecule has 0 aromatic carbocycles. The van der Waals surface area contributed by atoms with Gasteiger partial charge in [0.25, 0.3) is 0 Å². The lowest BCUT2D eigenvalue weighted by Gasteiger charge is -2.04. The third-order valence-corrected chi connectivity index (χ3v) is 1.58. The van der Waals surface area contributed by atoms with Gasteiger partial charge in [-0.25, -0.2) is 0 Å². The molecule has 1 aromatic rings. The van der Waals surface area contributed by atoms with Gasteiger partial charge in [0.05, 0.1) is 24.3 Å². The average Bonchev–Trinajstić information content (AvgIpc) is 2.10. The summed E-state index contributed by atoms with van der Waals surface area (Å²) in [5.41, 5.74) is 5.01. The summed E-state index contributed by atoms with van der Waals surface area (Å²) in [5, 5.41) is 17.3. The molecule has 1 unspecified atom stereocenters. The van der Waals surface area contributed by atoms with E-state index < -0.39 is 17.2 Å². The van der Waals surface area contributed by atoms with Crippen molar-refractivity contribution in [2.45, 2.75) is 12.5 Å². The van der Waals surface area contributed by atoms with Crippen LogP contribution in [0.15, 0.2) is 21.7 Å². The van der Waals surface area contributed by atoms with Crippen LogP contribution in [0.2, 0.25) is 0 Å². The second-order valence-corrected chi connectivity index (χ2v) is 2.51. The lowest BCUT2D eigenvalue weighted by Crippen LogP contribution is -2.18. The molecule has 0 amide bonds. The van der Waals surface area contributed by atoms with Crippen molar-refractivity contribution in [3.63, 3.8) is 0 Å². The third-order valence-electron chi connectivity index (χ3n) is 1.58. The van der Waals surface area contributed by atoms with E-state index in [9.17, 15) is 4.79 Å². The Morgan fingerprint density at radius 1 is 1.69 bits per heavy atom. The number of nitrogens with two attached hydrogens (primary N) is 1. The summed E-state index contributed by atoms with van der Waals surface area (Å²) in [4.78, 5) is 11.2. The Morgan fingerprint density at radius 3 is 3.00 bits per heavy atom. The fraction of sp³-hybridized carbons (Fsp3) is 0.250. The molecule has 0 aliphatic heterocycles. The number of aromatic hydroxyl groups is 1. The summed E-state index contributed by atoms with van der Waals surface area (Å²) in [7, 11) is 0. The van der Waals surface area contributed by atoms with Gasteiger partial charge in [-0.05, 0) is 0 Å². The Hall–Kier alpha value is -1.80. The van der Waals surface area contributed by atoms with Gasteiger partial charge < -0.3 is 15.3 Å².